The molecule has 1 amide bonds. The molecular weight excluding hydrogens is 466 g/mol. The number of halogens is 1. The van der Waals surface area contributed by atoms with Gasteiger partial charge in [0.2, 0.25) is 0 Å². The van der Waals surface area contributed by atoms with E-state index < -0.39 is 0 Å². The largest absolute Gasteiger partial charge is 0.489 e. The summed E-state index contributed by atoms with van der Waals surface area (Å²) in [6.07, 6.45) is 1.60. The quantitative estimate of drug-likeness (QED) is 0.246. The third kappa shape index (κ3) is 5.95. The van der Waals surface area contributed by atoms with Crippen molar-refractivity contribution in [3.63, 3.8) is 0 Å². The molecule has 0 heterocycles. The van der Waals surface area contributed by atoms with E-state index >= 15 is 0 Å². The van der Waals surface area contributed by atoms with Gasteiger partial charge in [0.1, 0.15) is 12.4 Å². The molecule has 0 fully saturated rings. The Morgan fingerprint density at radius 1 is 0.906 bits per heavy atom. The lowest BCUT2D eigenvalue weighted by molar-refractivity contribution is -0.119. The number of ether oxygens (including phenoxy) is 1. The van der Waals surface area contributed by atoms with E-state index in [1.54, 1.807) is 6.21 Å². The Morgan fingerprint density at radius 2 is 1.66 bits per heavy atom. The number of hydrogen-bond acceptors (Lipinski definition) is 4. The van der Waals surface area contributed by atoms with Gasteiger partial charge in [-0.3, -0.25) is 4.79 Å². The van der Waals surface area contributed by atoms with Crippen LogP contribution in [0.5, 0.6) is 5.75 Å². The molecule has 0 aromatic heterocycles. The average Bonchev–Trinajstić information content (AvgIpc) is 2.83. The molecule has 0 saturated heterocycles. The Kier molecular flexibility index (Phi) is 7.15. The van der Waals surface area contributed by atoms with Crippen molar-refractivity contribution in [1.82, 2.24) is 5.43 Å². The first kappa shape index (κ1) is 21.6. The van der Waals surface area contributed by atoms with Crippen LogP contribution in [0.1, 0.15) is 11.1 Å². The predicted octanol–water partition coefficient (Wildman–Crippen LogP) is 5.74. The van der Waals surface area contributed by atoms with Gasteiger partial charge in [0, 0.05) is 10.2 Å². The Morgan fingerprint density at radius 3 is 2.47 bits per heavy atom. The summed E-state index contributed by atoms with van der Waals surface area (Å²) in [6, 6.07) is 29.7. The molecule has 5 nitrogen and oxygen atoms in total. The monoisotopic (exact) mass is 487 g/mol. The van der Waals surface area contributed by atoms with Crippen LogP contribution < -0.4 is 15.5 Å². The van der Waals surface area contributed by atoms with Crippen LogP contribution in [0.3, 0.4) is 0 Å². The van der Waals surface area contributed by atoms with Crippen molar-refractivity contribution in [3.8, 4) is 5.75 Å². The number of carbonyl (C=O) groups excluding carboxylic acids is 1. The smallest absolute Gasteiger partial charge is 0.259 e. The van der Waals surface area contributed by atoms with E-state index in [-0.39, 0.29) is 12.5 Å². The van der Waals surface area contributed by atoms with Crippen molar-refractivity contribution in [1.29, 1.82) is 0 Å². The van der Waals surface area contributed by atoms with E-state index in [1.165, 1.54) is 10.8 Å². The zero-order valence-corrected chi connectivity index (χ0v) is 18.9. The number of hydrazone groups is 1. The van der Waals surface area contributed by atoms with Gasteiger partial charge in [-0.05, 0) is 70.4 Å². The molecule has 0 bridgehead atoms. The number of anilines is 1. The summed E-state index contributed by atoms with van der Waals surface area (Å²) in [5.74, 6) is 0.553. The second kappa shape index (κ2) is 10.6. The highest BCUT2D eigenvalue weighted by Crippen LogP contribution is 2.21. The number of benzene rings is 4. The van der Waals surface area contributed by atoms with Crippen molar-refractivity contribution >= 4 is 44.5 Å². The number of fused-ring (bicyclic) bond motifs is 1. The second-order valence-corrected chi connectivity index (χ2v) is 8.07. The molecule has 0 radical (unpaired) electrons. The lowest BCUT2D eigenvalue weighted by Crippen LogP contribution is -2.25. The molecule has 0 aliphatic carbocycles. The number of nitrogens with zero attached hydrogens (tertiary/aromatic N) is 1. The minimum Gasteiger partial charge on any atom is -0.489 e. The molecule has 4 aromatic rings. The number of hydrogen-bond donors (Lipinski definition) is 2. The Hall–Kier alpha value is -3.64. The van der Waals surface area contributed by atoms with E-state index in [2.05, 4.69) is 56.0 Å². The van der Waals surface area contributed by atoms with Crippen LogP contribution in [0.15, 0.2) is 101 Å². The van der Waals surface area contributed by atoms with Gasteiger partial charge in [-0.2, -0.15) is 5.10 Å². The highest BCUT2D eigenvalue weighted by atomic mass is 79.9. The van der Waals surface area contributed by atoms with Crippen LogP contribution in [0, 0.1) is 0 Å². The van der Waals surface area contributed by atoms with Gasteiger partial charge in [0.25, 0.3) is 5.91 Å². The standard InChI is InChI=1S/C26H22BrN3O2/c27-22-10-12-23(13-11-22)28-17-26(31)30-29-16-19-8-14-24(15-9-19)32-18-21-6-3-5-20-4-1-2-7-25(20)21/h1-16,28H,17-18H2,(H,30,31)/b29-16-. The molecule has 0 aliphatic rings. The molecule has 160 valence electrons. The van der Waals surface area contributed by atoms with Crippen molar-refractivity contribution in [2.45, 2.75) is 6.61 Å². The summed E-state index contributed by atoms with van der Waals surface area (Å²) in [5, 5.41) is 9.46. The molecule has 0 spiro atoms. The molecule has 6 heteroatoms. The molecule has 2 N–H and O–H groups in total. The van der Waals surface area contributed by atoms with Crippen molar-refractivity contribution < 1.29 is 9.53 Å². The summed E-state index contributed by atoms with van der Waals surface area (Å²) in [5.41, 5.74) is 5.40. The van der Waals surface area contributed by atoms with Crippen LogP contribution in [0.2, 0.25) is 0 Å². The van der Waals surface area contributed by atoms with Crippen LogP contribution in [-0.2, 0) is 11.4 Å². The molecule has 0 aliphatic heterocycles. The number of nitrogens with one attached hydrogen (secondary N) is 2. The SMILES string of the molecule is O=C(CNc1ccc(Br)cc1)N/N=C\c1ccc(OCc2cccc3ccccc23)cc1. The third-order valence-corrected chi connectivity index (χ3v) is 5.38. The normalized spacial score (nSPS) is 10.9. The minimum atomic E-state index is -0.223. The molecule has 0 saturated carbocycles. The minimum absolute atomic E-state index is 0.139. The third-order valence-electron chi connectivity index (χ3n) is 4.85. The Balaban J connectivity index is 1.25. The fourth-order valence-corrected chi connectivity index (χ4v) is 3.46. The van der Waals surface area contributed by atoms with Gasteiger partial charge in [0.05, 0.1) is 12.8 Å². The van der Waals surface area contributed by atoms with Crippen molar-refractivity contribution in [2.75, 3.05) is 11.9 Å². The fraction of sp³-hybridized carbons (Fsp3) is 0.0769. The van der Waals surface area contributed by atoms with Crippen LogP contribution in [-0.4, -0.2) is 18.7 Å². The summed E-state index contributed by atoms with van der Waals surface area (Å²) in [4.78, 5) is 11.9. The fourth-order valence-electron chi connectivity index (χ4n) is 3.20. The predicted molar refractivity (Wildman–Crippen MR) is 133 cm³/mol. The van der Waals surface area contributed by atoms with Gasteiger partial charge in [-0.15, -0.1) is 0 Å². The Labute approximate surface area is 195 Å². The van der Waals surface area contributed by atoms with E-state index in [0.717, 1.165) is 27.0 Å². The second-order valence-electron chi connectivity index (χ2n) is 7.15. The van der Waals surface area contributed by atoms with Crippen LogP contribution in [0.4, 0.5) is 5.69 Å². The van der Waals surface area contributed by atoms with Gasteiger partial charge >= 0.3 is 0 Å². The van der Waals surface area contributed by atoms with Crippen LogP contribution >= 0.6 is 15.9 Å². The van der Waals surface area contributed by atoms with E-state index in [9.17, 15) is 4.79 Å². The summed E-state index contributed by atoms with van der Waals surface area (Å²) in [7, 11) is 0. The van der Waals surface area contributed by atoms with Crippen molar-refractivity contribution in [3.05, 3.63) is 107 Å². The van der Waals surface area contributed by atoms with Gasteiger partial charge in [-0.25, -0.2) is 5.43 Å². The van der Waals surface area contributed by atoms with Gasteiger partial charge < -0.3 is 10.1 Å². The number of rotatable bonds is 8. The van der Waals surface area contributed by atoms with E-state index in [0.29, 0.717) is 6.61 Å². The average molecular weight is 488 g/mol. The Bertz CT molecular complexity index is 1220. The highest BCUT2D eigenvalue weighted by Gasteiger charge is 2.02. The summed E-state index contributed by atoms with van der Waals surface area (Å²) in [6.45, 7) is 0.635. The van der Waals surface area contributed by atoms with Crippen molar-refractivity contribution in [2.24, 2.45) is 5.10 Å². The first-order chi connectivity index (χ1) is 15.7. The zero-order valence-electron chi connectivity index (χ0n) is 17.3. The molecule has 0 unspecified atom stereocenters. The zero-order chi connectivity index (χ0) is 22.2. The first-order valence-corrected chi connectivity index (χ1v) is 11.0. The maximum atomic E-state index is 11.9. The lowest BCUT2D eigenvalue weighted by Gasteiger charge is -2.09. The maximum absolute atomic E-state index is 11.9. The molecule has 4 aromatic carbocycles. The molecule has 4 rings (SSSR count). The summed E-state index contributed by atoms with van der Waals surface area (Å²) < 4.78 is 6.94. The number of amides is 1. The first-order valence-electron chi connectivity index (χ1n) is 10.2. The molecular formula is C26H22BrN3O2. The lowest BCUT2D eigenvalue weighted by atomic mass is 10.1. The van der Waals surface area contributed by atoms with Gasteiger partial charge in [-0.1, -0.05) is 58.4 Å². The molecule has 32 heavy (non-hydrogen) atoms. The van der Waals surface area contributed by atoms with Gasteiger partial charge in [0.15, 0.2) is 0 Å². The van der Waals surface area contributed by atoms with E-state index in [4.69, 9.17) is 4.74 Å². The summed E-state index contributed by atoms with van der Waals surface area (Å²) >= 11 is 3.38. The van der Waals surface area contributed by atoms with E-state index in [1.807, 2.05) is 66.7 Å². The maximum Gasteiger partial charge on any atom is 0.259 e. The number of carbonyl (C=O) groups is 1. The molecule has 0 atom stereocenters. The highest BCUT2D eigenvalue weighted by molar-refractivity contribution is 9.10. The topological polar surface area (TPSA) is 62.7 Å². The van der Waals surface area contributed by atoms with Crippen LogP contribution in [0.25, 0.3) is 10.8 Å².